The zero-order valence-electron chi connectivity index (χ0n) is 10.9. The van der Waals surface area contributed by atoms with Gasteiger partial charge >= 0.3 is 0 Å². The number of primary amides is 1. The van der Waals surface area contributed by atoms with E-state index in [-0.39, 0.29) is 0 Å². The van der Waals surface area contributed by atoms with Gasteiger partial charge in [-0.1, -0.05) is 23.7 Å². The number of halogens is 1. The van der Waals surface area contributed by atoms with Crippen LogP contribution in [0.3, 0.4) is 0 Å². The summed E-state index contributed by atoms with van der Waals surface area (Å²) in [5, 5.41) is 0.651. The Morgan fingerprint density at radius 1 is 1.10 bits per heavy atom. The highest BCUT2D eigenvalue weighted by atomic mass is 35.5. The van der Waals surface area contributed by atoms with Crippen molar-refractivity contribution in [2.24, 2.45) is 5.73 Å². The molecule has 21 heavy (non-hydrogen) atoms. The minimum absolute atomic E-state index is 0.356. The summed E-state index contributed by atoms with van der Waals surface area (Å²) in [7, 11) is 0. The van der Waals surface area contributed by atoms with Gasteiger partial charge in [0, 0.05) is 16.1 Å². The van der Waals surface area contributed by atoms with Crippen LogP contribution >= 0.6 is 11.6 Å². The first kappa shape index (κ1) is 13.4. The van der Waals surface area contributed by atoms with E-state index in [1.165, 1.54) is 0 Å². The van der Waals surface area contributed by atoms with Gasteiger partial charge in [0.1, 0.15) is 0 Å². The minimum Gasteiger partial charge on any atom is -0.436 e. The Hall–Kier alpha value is -2.59. The predicted molar refractivity (Wildman–Crippen MR) is 80.9 cm³/mol. The monoisotopic (exact) mass is 298 g/mol. The molecule has 0 unspecified atom stereocenters. The van der Waals surface area contributed by atoms with Gasteiger partial charge in [0.15, 0.2) is 5.76 Å². The van der Waals surface area contributed by atoms with Crippen LogP contribution in [-0.2, 0) is 0 Å². The number of nitrogens with zero attached hydrogens (tertiary/aromatic N) is 1. The van der Waals surface area contributed by atoms with E-state index < -0.39 is 5.91 Å². The molecule has 1 amide bonds. The summed E-state index contributed by atoms with van der Waals surface area (Å²) in [5.74, 6) is 0.437. The third-order valence-corrected chi connectivity index (χ3v) is 3.31. The zero-order valence-corrected chi connectivity index (χ0v) is 11.7. The molecule has 0 bridgehead atoms. The van der Waals surface area contributed by atoms with Crippen molar-refractivity contribution in [2.45, 2.75) is 0 Å². The summed E-state index contributed by atoms with van der Waals surface area (Å²) < 4.78 is 5.72. The fourth-order valence-electron chi connectivity index (χ4n) is 2.03. The average molecular weight is 299 g/mol. The molecule has 1 heterocycles. The summed E-state index contributed by atoms with van der Waals surface area (Å²) in [6, 6.07) is 14.2. The number of oxazole rings is 1. The minimum atomic E-state index is -0.517. The fraction of sp³-hybridized carbons (Fsp3) is 0. The van der Waals surface area contributed by atoms with Gasteiger partial charge in [0.2, 0.25) is 11.8 Å². The molecule has 0 saturated heterocycles. The molecule has 0 fully saturated rings. The van der Waals surface area contributed by atoms with Gasteiger partial charge in [0.05, 0.1) is 11.8 Å². The van der Waals surface area contributed by atoms with Crippen LogP contribution in [0.5, 0.6) is 0 Å². The third-order valence-electron chi connectivity index (χ3n) is 3.06. The molecular formula is C16H11ClN2O2. The Morgan fingerprint density at radius 2 is 1.81 bits per heavy atom. The second-order valence-corrected chi connectivity index (χ2v) is 4.88. The van der Waals surface area contributed by atoms with Gasteiger partial charge in [-0.15, -0.1) is 0 Å². The highest BCUT2D eigenvalue weighted by Crippen LogP contribution is 2.28. The summed E-state index contributed by atoms with van der Waals surface area (Å²) in [4.78, 5) is 15.7. The van der Waals surface area contributed by atoms with Crippen molar-refractivity contribution in [3.05, 3.63) is 65.3 Å². The molecule has 1 aromatic heterocycles. The molecule has 3 aromatic rings. The highest BCUT2D eigenvalue weighted by Gasteiger charge is 2.14. The number of amides is 1. The number of rotatable bonds is 3. The lowest BCUT2D eigenvalue weighted by Gasteiger charge is -2.02. The standard InChI is InChI=1S/C16H11ClN2O2/c17-11-7-5-10(6-8-11)14-9-19-16(21-14)13-4-2-1-3-12(13)15(18)20/h1-9H,(H2,18,20). The number of hydrogen-bond acceptors (Lipinski definition) is 3. The van der Waals surface area contributed by atoms with Crippen molar-refractivity contribution in [3.63, 3.8) is 0 Å². The van der Waals surface area contributed by atoms with Crippen LogP contribution in [-0.4, -0.2) is 10.9 Å². The Bertz CT molecular complexity index is 794. The van der Waals surface area contributed by atoms with Crippen LogP contribution in [0.15, 0.2) is 59.1 Å². The van der Waals surface area contributed by atoms with Crippen LogP contribution in [0.2, 0.25) is 5.02 Å². The number of aromatic nitrogens is 1. The van der Waals surface area contributed by atoms with E-state index in [1.807, 2.05) is 12.1 Å². The van der Waals surface area contributed by atoms with Gasteiger partial charge in [0.25, 0.3) is 0 Å². The van der Waals surface area contributed by atoms with E-state index >= 15 is 0 Å². The molecule has 0 radical (unpaired) electrons. The number of nitrogens with two attached hydrogens (primary N) is 1. The van der Waals surface area contributed by atoms with Crippen molar-refractivity contribution >= 4 is 17.5 Å². The number of benzene rings is 2. The molecule has 0 saturated carbocycles. The fourth-order valence-corrected chi connectivity index (χ4v) is 2.16. The Kier molecular flexibility index (Phi) is 3.46. The maximum Gasteiger partial charge on any atom is 0.249 e. The molecule has 0 aliphatic heterocycles. The van der Waals surface area contributed by atoms with Crippen molar-refractivity contribution in [2.75, 3.05) is 0 Å². The van der Waals surface area contributed by atoms with E-state index in [1.54, 1.807) is 42.6 Å². The molecule has 0 spiro atoms. The van der Waals surface area contributed by atoms with Gasteiger partial charge < -0.3 is 10.2 Å². The lowest BCUT2D eigenvalue weighted by Crippen LogP contribution is -2.12. The number of carbonyl (C=O) groups excluding carboxylic acids is 1. The maximum absolute atomic E-state index is 11.4. The first-order chi connectivity index (χ1) is 10.1. The van der Waals surface area contributed by atoms with Crippen LogP contribution in [0, 0.1) is 0 Å². The van der Waals surface area contributed by atoms with E-state index in [4.69, 9.17) is 21.8 Å². The second kappa shape index (κ2) is 5.42. The van der Waals surface area contributed by atoms with Gasteiger partial charge in [-0.05, 0) is 36.4 Å². The zero-order chi connectivity index (χ0) is 14.8. The highest BCUT2D eigenvalue weighted by molar-refractivity contribution is 6.30. The van der Waals surface area contributed by atoms with Crippen LogP contribution in [0.25, 0.3) is 22.8 Å². The van der Waals surface area contributed by atoms with Gasteiger partial charge in [-0.2, -0.15) is 0 Å². The molecule has 104 valence electrons. The van der Waals surface area contributed by atoms with Crippen LogP contribution in [0.4, 0.5) is 0 Å². The largest absolute Gasteiger partial charge is 0.436 e. The van der Waals surface area contributed by atoms with Crippen molar-refractivity contribution < 1.29 is 9.21 Å². The summed E-state index contributed by atoms with van der Waals surface area (Å²) in [6.45, 7) is 0. The van der Waals surface area contributed by atoms with Crippen molar-refractivity contribution in [1.82, 2.24) is 4.98 Å². The SMILES string of the molecule is NC(=O)c1ccccc1-c1ncc(-c2ccc(Cl)cc2)o1. The first-order valence-corrected chi connectivity index (χ1v) is 6.64. The van der Waals surface area contributed by atoms with Crippen molar-refractivity contribution in [3.8, 4) is 22.8 Å². The second-order valence-electron chi connectivity index (χ2n) is 4.45. The molecule has 2 aromatic carbocycles. The lowest BCUT2D eigenvalue weighted by atomic mass is 10.1. The molecule has 3 rings (SSSR count). The molecule has 0 aliphatic carbocycles. The van der Waals surface area contributed by atoms with Crippen molar-refractivity contribution in [1.29, 1.82) is 0 Å². The first-order valence-electron chi connectivity index (χ1n) is 6.26. The normalized spacial score (nSPS) is 10.5. The summed E-state index contributed by atoms with van der Waals surface area (Å²) in [6.07, 6.45) is 1.61. The number of hydrogen-bond donors (Lipinski definition) is 1. The van der Waals surface area contributed by atoms with E-state index in [0.29, 0.717) is 27.8 Å². The molecular weight excluding hydrogens is 288 g/mol. The smallest absolute Gasteiger partial charge is 0.249 e. The maximum atomic E-state index is 11.4. The summed E-state index contributed by atoms with van der Waals surface area (Å²) in [5.41, 5.74) is 7.17. The average Bonchev–Trinajstić information content (AvgIpc) is 2.97. The van der Waals surface area contributed by atoms with Crippen LogP contribution in [0.1, 0.15) is 10.4 Å². The van der Waals surface area contributed by atoms with E-state index in [9.17, 15) is 4.79 Å². The lowest BCUT2D eigenvalue weighted by molar-refractivity contribution is 0.100. The molecule has 2 N–H and O–H groups in total. The number of carbonyl (C=O) groups is 1. The quantitative estimate of drug-likeness (QED) is 0.800. The van der Waals surface area contributed by atoms with Gasteiger partial charge in [-0.25, -0.2) is 4.98 Å². The molecule has 0 aliphatic rings. The molecule has 4 nitrogen and oxygen atoms in total. The van der Waals surface area contributed by atoms with E-state index in [2.05, 4.69) is 4.98 Å². The van der Waals surface area contributed by atoms with E-state index in [0.717, 1.165) is 5.56 Å². The Labute approximate surface area is 126 Å². The Balaban J connectivity index is 2.03. The third kappa shape index (κ3) is 2.66. The summed E-state index contributed by atoms with van der Waals surface area (Å²) >= 11 is 5.86. The molecule has 5 heteroatoms. The molecule has 0 atom stereocenters. The van der Waals surface area contributed by atoms with Gasteiger partial charge in [-0.3, -0.25) is 4.79 Å². The Morgan fingerprint density at radius 3 is 2.52 bits per heavy atom. The predicted octanol–water partition coefficient (Wildman–Crippen LogP) is 3.76. The topological polar surface area (TPSA) is 69.1 Å². The van der Waals surface area contributed by atoms with Crippen LogP contribution < -0.4 is 5.73 Å².